The Hall–Kier alpha value is -0.0800. The monoisotopic (exact) mass is 257 g/mol. The molecule has 0 aliphatic rings. The van der Waals surface area contributed by atoms with Gasteiger partial charge in [0.05, 0.1) is 5.60 Å². The maximum Gasteiger partial charge on any atom is 0.0817 e. The quantitative estimate of drug-likeness (QED) is 0.575. The number of rotatable bonds is 10. The first kappa shape index (κ1) is 17.9. The molecule has 0 spiro atoms. The fourth-order valence-corrected chi connectivity index (χ4v) is 2.33. The van der Waals surface area contributed by atoms with Gasteiger partial charge in [0, 0.05) is 6.54 Å². The van der Waals surface area contributed by atoms with Gasteiger partial charge in [0.25, 0.3) is 0 Å². The van der Waals surface area contributed by atoms with Crippen molar-refractivity contribution in [1.82, 2.24) is 0 Å². The molecule has 0 fully saturated rings. The standard InChI is InChI=1S/C16H35NO/c1-5-6-7-8-9-10-11-12-13-16(18,14-17)15(2,3)4/h18H,5-14,17H2,1-4H3. The molecule has 3 N–H and O–H groups in total. The summed E-state index contributed by atoms with van der Waals surface area (Å²) in [4.78, 5) is 0. The number of aliphatic hydroxyl groups is 1. The minimum atomic E-state index is -0.699. The van der Waals surface area contributed by atoms with Crippen molar-refractivity contribution in [3.8, 4) is 0 Å². The summed E-state index contributed by atoms with van der Waals surface area (Å²) >= 11 is 0. The molecule has 0 aromatic rings. The van der Waals surface area contributed by atoms with Crippen molar-refractivity contribution < 1.29 is 5.11 Å². The maximum atomic E-state index is 10.5. The van der Waals surface area contributed by atoms with Gasteiger partial charge in [0.15, 0.2) is 0 Å². The predicted molar refractivity (Wildman–Crippen MR) is 80.7 cm³/mol. The van der Waals surface area contributed by atoms with E-state index in [0.29, 0.717) is 6.54 Å². The third-order valence-corrected chi connectivity index (χ3v) is 4.18. The molecule has 0 aliphatic carbocycles. The highest BCUT2D eigenvalue weighted by molar-refractivity contribution is 4.91. The molecule has 0 saturated heterocycles. The second kappa shape index (κ2) is 8.92. The van der Waals surface area contributed by atoms with E-state index < -0.39 is 5.60 Å². The highest BCUT2D eigenvalue weighted by atomic mass is 16.3. The van der Waals surface area contributed by atoms with Gasteiger partial charge in [-0.15, -0.1) is 0 Å². The fourth-order valence-electron chi connectivity index (χ4n) is 2.33. The van der Waals surface area contributed by atoms with E-state index in [1.807, 2.05) is 0 Å². The second-order valence-electron chi connectivity index (χ2n) is 6.71. The summed E-state index contributed by atoms with van der Waals surface area (Å²) in [7, 11) is 0. The first-order chi connectivity index (χ1) is 8.37. The van der Waals surface area contributed by atoms with Crippen molar-refractivity contribution in [2.75, 3.05) is 6.54 Å². The lowest BCUT2D eigenvalue weighted by Crippen LogP contribution is -2.49. The van der Waals surface area contributed by atoms with Crippen LogP contribution in [0.5, 0.6) is 0 Å². The van der Waals surface area contributed by atoms with Crippen molar-refractivity contribution in [2.24, 2.45) is 11.1 Å². The van der Waals surface area contributed by atoms with Crippen LogP contribution in [0.2, 0.25) is 0 Å². The SMILES string of the molecule is CCCCCCCCCCC(O)(CN)C(C)(C)C. The molecular weight excluding hydrogens is 222 g/mol. The molecule has 0 radical (unpaired) electrons. The van der Waals surface area contributed by atoms with Crippen LogP contribution in [0.25, 0.3) is 0 Å². The average Bonchev–Trinajstić information content (AvgIpc) is 2.30. The lowest BCUT2D eigenvalue weighted by molar-refractivity contribution is -0.0579. The van der Waals surface area contributed by atoms with E-state index in [1.54, 1.807) is 0 Å². The van der Waals surface area contributed by atoms with Crippen LogP contribution in [-0.4, -0.2) is 17.3 Å². The van der Waals surface area contributed by atoms with E-state index in [9.17, 15) is 5.11 Å². The highest BCUT2D eigenvalue weighted by Crippen LogP contribution is 2.33. The third-order valence-electron chi connectivity index (χ3n) is 4.18. The topological polar surface area (TPSA) is 46.2 Å². The van der Waals surface area contributed by atoms with Gasteiger partial charge in [-0.2, -0.15) is 0 Å². The van der Waals surface area contributed by atoms with E-state index in [2.05, 4.69) is 27.7 Å². The summed E-state index contributed by atoms with van der Waals surface area (Å²) in [6.07, 6.45) is 11.2. The zero-order valence-corrected chi connectivity index (χ0v) is 13.1. The first-order valence-electron chi connectivity index (χ1n) is 7.80. The van der Waals surface area contributed by atoms with Crippen LogP contribution in [-0.2, 0) is 0 Å². The number of hydrogen-bond acceptors (Lipinski definition) is 2. The summed E-state index contributed by atoms with van der Waals surface area (Å²) in [5.74, 6) is 0. The van der Waals surface area contributed by atoms with Gasteiger partial charge in [-0.05, 0) is 11.8 Å². The van der Waals surface area contributed by atoms with Gasteiger partial charge in [-0.25, -0.2) is 0 Å². The minimum Gasteiger partial charge on any atom is -0.388 e. The Bertz CT molecular complexity index is 198. The minimum absolute atomic E-state index is 0.122. The van der Waals surface area contributed by atoms with Crippen molar-refractivity contribution in [2.45, 2.75) is 91.1 Å². The van der Waals surface area contributed by atoms with E-state index in [4.69, 9.17) is 5.73 Å². The molecule has 2 nitrogen and oxygen atoms in total. The van der Waals surface area contributed by atoms with Crippen molar-refractivity contribution in [3.05, 3.63) is 0 Å². The molecule has 0 rings (SSSR count). The van der Waals surface area contributed by atoms with Crippen LogP contribution >= 0.6 is 0 Å². The lowest BCUT2D eigenvalue weighted by Gasteiger charge is -2.39. The molecule has 110 valence electrons. The molecule has 1 unspecified atom stereocenters. The maximum absolute atomic E-state index is 10.5. The van der Waals surface area contributed by atoms with E-state index >= 15 is 0 Å². The molecule has 0 bridgehead atoms. The summed E-state index contributed by atoms with van der Waals surface area (Å²) in [6, 6.07) is 0. The van der Waals surface area contributed by atoms with Crippen LogP contribution in [0.15, 0.2) is 0 Å². The molecular formula is C16H35NO. The summed E-state index contributed by atoms with van der Waals surface area (Å²) in [5, 5.41) is 10.5. The smallest absolute Gasteiger partial charge is 0.0817 e. The van der Waals surface area contributed by atoms with Crippen LogP contribution < -0.4 is 5.73 Å². The molecule has 0 aromatic carbocycles. The van der Waals surface area contributed by atoms with Crippen molar-refractivity contribution in [3.63, 3.8) is 0 Å². The molecule has 0 aliphatic heterocycles. The Morgan fingerprint density at radius 1 is 0.833 bits per heavy atom. The normalized spacial score (nSPS) is 15.7. The summed E-state index contributed by atoms with van der Waals surface area (Å²) < 4.78 is 0. The van der Waals surface area contributed by atoms with E-state index in [-0.39, 0.29) is 5.41 Å². The van der Waals surface area contributed by atoms with Crippen LogP contribution in [0, 0.1) is 5.41 Å². The van der Waals surface area contributed by atoms with Crippen LogP contribution in [0.3, 0.4) is 0 Å². The Morgan fingerprint density at radius 2 is 1.28 bits per heavy atom. The number of unbranched alkanes of at least 4 members (excludes halogenated alkanes) is 7. The molecule has 0 amide bonds. The largest absolute Gasteiger partial charge is 0.388 e. The number of nitrogens with two attached hydrogens (primary N) is 1. The van der Waals surface area contributed by atoms with Gasteiger partial charge in [0.1, 0.15) is 0 Å². The second-order valence-corrected chi connectivity index (χ2v) is 6.71. The van der Waals surface area contributed by atoms with Gasteiger partial charge in [0.2, 0.25) is 0 Å². The Kier molecular flexibility index (Phi) is 8.89. The molecule has 0 saturated carbocycles. The highest BCUT2D eigenvalue weighted by Gasteiger charge is 2.37. The lowest BCUT2D eigenvalue weighted by atomic mass is 9.73. The zero-order chi connectivity index (χ0) is 14.1. The Morgan fingerprint density at radius 3 is 1.67 bits per heavy atom. The van der Waals surface area contributed by atoms with Crippen LogP contribution in [0.4, 0.5) is 0 Å². The first-order valence-corrected chi connectivity index (χ1v) is 7.80. The van der Waals surface area contributed by atoms with Crippen molar-refractivity contribution in [1.29, 1.82) is 0 Å². The summed E-state index contributed by atoms with van der Waals surface area (Å²) in [6.45, 7) is 8.84. The van der Waals surface area contributed by atoms with Gasteiger partial charge >= 0.3 is 0 Å². The molecule has 2 heteroatoms. The third kappa shape index (κ3) is 6.75. The fraction of sp³-hybridized carbons (Fsp3) is 1.00. The van der Waals surface area contributed by atoms with E-state index in [1.165, 1.54) is 44.9 Å². The molecule has 0 heterocycles. The van der Waals surface area contributed by atoms with Gasteiger partial charge in [-0.3, -0.25) is 0 Å². The predicted octanol–water partition coefficient (Wildman–Crippen LogP) is 4.25. The molecule has 18 heavy (non-hydrogen) atoms. The Labute approximate surface area is 114 Å². The van der Waals surface area contributed by atoms with Crippen LogP contribution in [0.1, 0.15) is 85.5 Å². The number of hydrogen-bond donors (Lipinski definition) is 2. The summed E-state index contributed by atoms with van der Waals surface area (Å²) in [5.41, 5.74) is 4.92. The Balaban J connectivity index is 3.64. The van der Waals surface area contributed by atoms with Gasteiger partial charge in [-0.1, -0.05) is 79.1 Å². The molecule has 0 aromatic heterocycles. The average molecular weight is 257 g/mol. The van der Waals surface area contributed by atoms with E-state index in [0.717, 1.165) is 12.8 Å². The zero-order valence-electron chi connectivity index (χ0n) is 13.1. The van der Waals surface area contributed by atoms with Crippen molar-refractivity contribution >= 4 is 0 Å². The molecule has 1 atom stereocenters. The van der Waals surface area contributed by atoms with Gasteiger partial charge < -0.3 is 10.8 Å².